The SMILES string of the molecule is Cc1cccc(Nc2ccc(C#N)c(NCCN3CCOCC3)n2)c1. The first-order valence-electron chi connectivity index (χ1n) is 8.53. The molecule has 3 rings (SSSR count). The van der Waals surface area contributed by atoms with Gasteiger partial charge in [-0.15, -0.1) is 0 Å². The van der Waals surface area contributed by atoms with Crippen LogP contribution >= 0.6 is 0 Å². The molecule has 1 fully saturated rings. The molecule has 1 saturated heterocycles. The second-order valence-electron chi connectivity index (χ2n) is 6.08. The molecule has 0 amide bonds. The number of aromatic nitrogens is 1. The number of hydrogen-bond donors (Lipinski definition) is 2. The van der Waals surface area contributed by atoms with Crippen molar-refractivity contribution in [2.24, 2.45) is 0 Å². The molecule has 0 radical (unpaired) electrons. The molecule has 0 saturated carbocycles. The van der Waals surface area contributed by atoms with E-state index in [0.29, 0.717) is 11.4 Å². The van der Waals surface area contributed by atoms with Gasteiger partial charge in [0.15, 0.2) is 0 Å². The molecule has 1 aromatic heterocycles. The molecule has 1 aromatic carbocycles. The molecule has 2 heterocycles. The highest BCUT2D eigenvalue weighted by atomic mass is 16.5. The van der Waals surface area contributed by atoms with Crippen LogP contribution in [0.15, 0.2) is 36.4 Å². The van der Waals surface area contributed by atoms with Crippen molar-refractivity contribution in [3.63, 3.8) is 0 Å². The van der Waals surface area contributed by atoms with Crippen molar-refractivity contribution in [2.45, 2.75) is 6.92 Å². The van der Waals surface area contributed by atoms with Gasteiger partial charge in [0.2, 0.25) is 0 Å². The summed E-state index contributed by atoms with van der Waals surface area (Å²) in [5.74, 6) is 1.34. The molecular weight excluding hydrogens is 314 g/mol. The van der Waals surface area contributed by atoms with E-state index in [-0.39, 0.29) is 0 Å². The van der Waals surface area contributed by atoms with Crippen molar-refractivity contribution < 1.29 is 4.74 Å². The summed E-state index contributed by atoms with van der Waals surface area (Å²) in [6.45, 7) is 7.19. The number of benzene rings is 1. The van der Waals surface area contributed by atoms with E-state index in [4.69, 9.17) is 4.74 Å². The lowest BCUT2D eigenvalue weighted by Gasteiger charge is -2.26. The minimum Gasteiger partial charge on any atom is -0.379 e. The van der Waals surface area contributed by atoms with Crippen molar-refractivity contribution >= 4 is 17.3 Å². The summed E-state index contributed by atoms with van der Waals surface area (Å²) in [7, 11) is 0. The minimum atomic E-state index is 0.553. The van der Waals surface area contributed by atoms with E-state index >= 15 is 0 Å². The van der Waals surface area contributed by atoms with Crippen LogP contribution in [0.1, 0.15) is 11.1 Å². The molecule has 2 N–H and O–H groups in total. The average Bonchev–Trinajstić information content (AvgIpc) is 2.63. The fraction of sp³-hybridized carbons (Fsp3) is 0.368. The van der Waals surface area contributed by atoms with E-state index in [1.165, 1.54) is 5.56 Å². The quantitative estimate of drug-likeness (QED) is 0.844. The zero-order valence-corrected chi connectivity index (χ0v) is 14.5. The minimum absolute atomic E-state index is 0.553. The maximum absolute atomic E-state index is 9.31. The third kappa shape index (κ3) is 4.92. The summed E-state index contributed by atoms with van der Waals surface area (Å²) in [5, 5.41) is 15.9. The first-order valence-corrected chi connectivity index (χ1v) is 8.53. The Balaban J connectivity index is 1.64. The van der Waals surface area contributed by atoms with Gasteiger partial charge in [0.05, 0.1) is 18.8 Å². The van der Waals surface area contributed by atoms with Gasteiger partial charge in [-0.05, 0) is 36.8 Å². The molecule has 2 aromatic rings. The van der Waals surface area contributed by atoms with Crippen LogP contribution in [0.5, 0.6) is 0 Å². The summed E-state index contributed by atoms with van der Waals surface area (Å²) in [6.07, 6.45) is 0. The zero-order valence-electron chi connectivity index (χ0n) is 14.5. The van der Waals surface area contributed by atoms with Crippen LogP contribution in [0, 0.1) is 18.3 Å². The number of morpholine rings is 1. The summed E-state index contributed by atoms with van der Waals surface area (Å²) in [6, 6.07) is 13.9. The van der Waals surface area contributed by atoms with E-state index < -0.39 is 0 Å². The lowest BCUT2D eigenvalue weighted by Crippen LogP contribution is -2.39. The van der Waals surface area contributed by atoms with Crippen LogP contribution in [-0.2, 0) is 4.74 Å². The monoisotopic (exact) mass is 337 g/mol. The topological polar surface area (TPSA) is 73.2 Å². The number of aryl methyl sites for hydroxylation is 1. The molecule has 25 heavy (non-hydrogen) atoms. The second kappa shape index (κ2) is 8.47. The summed E-state index contributed by atoms with van der Waals surface area (Å²) < 4.78 is 5.36. The van der Waals surface area contributed by atoms with E-state index in [0.717, 1.165) is 50.9 Å². The van der Waals surface area contributed by atoms with Gasteiger partial charge in [0.1, 0.15) is 17.7 Å². The molecule has 1 aliphatic rings. The smallest absolute Gasteiger partial charge is 0.146 e. The number of pyridine rings is 1. The van der Waals surface area contributed by atoms with Crippen molar-refractivity contribution in [3.8, 4) is 6.07 Å². The highest BCUT2D eigenvalue weighted by Crippen LogP contribution is 2.20. The molecular formula is C19H23N5O. The predicted molar refractivity (Wildman–Crippen MR) is 99.2 cm³/mol. The van der Waals surface area contributed by atoms with Crippen LogP contribution < -0.4 is 10.6 Å². The Morgan fingerprint density at radius 2 is 2.08 bits per heavy atom. The van der Waals surface area contributed by atoms with Gasteiger partial charge in [0.25, 0.3) is 0 Å². The molecule has 130 valence electrons. The molecule has 0 aliphatic carbocycles. The van der Waals surface area contributed by atoms with Gasteiger partial charge in [-0.25, -0.2) is 4.98 Å². The Bertz CT molecular complexity index is 750. The normalized spacial score (nSPS) is 14.7. The van der Waals surface area contributed by atoms with Crippen molar-refractivity contribution in [1.29, 1.82) is 5.26 Å². The highest BCUT2D eigenvalue weighted by Gasteiger charge is 2.11. The number of hydrogen-bond acceptors (Lipinski definition) is 6. The van der Waals surface area contributed by atoms with Crippen LogP contribution in [0.3, 0.4) is 0 Å². The Kier molecular flexibility index (Phi) is 5.83. The van der Waals surface area contributed by atoms with Crippen LogP contribution in [0.25, 0.3) is 0 Å². The molecule has 0 unspecified atom stereocenters. The standard InChI is InChI=1S/C19H23N5O/c1-15-3-2-4-17(13-15)22-18-6-5-16(14-20)19(23-18)21-7-8-24-9-11-25-12-10-24/h2-6,13H,7-12H2,1H3,(H2,21,22,23). The molecule has 6 nitrogen and oxygen atoms in total. The van der Waals surface area contributed by atoms with Crippen LogP contribution in [0.4, 0.5) is 17.3 Å². The number of nitriles is 1. The molecule has 0 atom stereocenters. The first-order chi connectivity index (χ1) is 12.2. The van der Waals surface area contributed by atoms with Gasteiger partial charge >= 0.3 is 0 Å². The van der Waals surface area contributed by atoms with Crippen molar-refractivity contribution in [1.82, 2.24) is 9.88 Å². The van der Waals surface area contributed by atoms with Gasteiger partial charge < -0.3 is 15.4 Å². The Morgan fingerprint density at radius 1 is 1.24 bits per heavy atom. The zero-order chi connectivity index (χ0) is 17.5. The Labute approximate surface area is 148 Å². The lowest BCUT2D eigenvalue weighted by atomic mass is 10.2. The van der Waals surface area contributed by atoms with Crippen molar-refractivity contribution in [2.75, 3.05) is 50.0 Å². The number of nitrogens with one attached hydrogen (secondary N) is 2. The third-order valence-electron chi connectivity index (χ3n) is 4.13. The third-order valence-corrected chi connectivity index (χ3v) is 4.13. The molecule has 6 heteroatoms. The van der Waals surface area contributed by atoms with Crippen molar-refractivity contribution in [3.05, 3.63) is 47.5 Å². The maximum Gasteiger partial charge on any atom is 0.146 e. The number of ether oxygens (including phenoxy) is 1. The van der Waals surface area contributed by atoms with E-state index in [1.54, 1.807) is 6.07 Å². The maximum atomic E-state index is 9.31. The summed E-state index contributed by atoms with van der Waals surface area (Å²) in [4.78, 5) is 6.91. The molecule has 0 spiro atoms. The number of nitrogens with zero attached hydrogens (tertiary/aromatic N) is 3. The fourth-order valence-electron chi connectivity index (χ4n) is 2.78. The predicted octanol–water partition coefficient (Wildman–Crippen LogP) is 2.75. The van der Waals surface area contributed by atoms with E-state index in [9.17, 15) is 5.26 Å². The molecule has 1 aliphatic heterocycles. The Hall–Kier alpha value is -2.62. The van der Waals surface area contributed by atoms with Gasteiger partial charge in [-0.1, -0.05) is 12.1 Å². The van der Waals surface area contributed by atoms with Gasteiger partial charge in [-0.3, -0.25) is 4.90 Å². The lowest BCUT2D eigenvalue weighted by molar-refractivity contribution is 0.0398. The average molecular weight is 337 g/mol. The molecule has 0 bridgehead atoms. The Morgan fingerprint density at radius 3 is 2.84 bits per heavy atom. The van der Waals surface area contributed by atoms with E-state index in [1.807, 2.05) is 18.2 Å². The number of rotatable bonds is 6. The summed E-state index contributed by atoms with van der Waals surface area (Å²) >= 11 is 0. The highest BCUT2D eigenvalue weighted by molar-refractivity contribution is 5.62. The van der Waals surface area contributed by atoms with E-state index in [2.05, 4.69) is 45.6 Å². The largest absolute Gasteiger partial charge is 0.379 e. The van der Waals surface area contributed by atoms with Gasteiger partial charge in [0, 0.05) is 31.9 Å². The number of anilines is 3. The fourth-order valence-corrected chi connectivity index (χ4v) is 2.78. The van der Waals surface area contributed by atoms with Gasteiger partial charge in [-0.2, -0.15) is 5.26 Å². The second-order valence-corrected chi connectivity index (χ2v) is 6.08. The van der Waals surface area contributed by atoms with Crippen LogP contribution in [-0.4, -0.2) is 49.3 Å². The summed E-state index contributed by atoms with van der Waals surface area (Å²) in [5.41, 5.74) is 2.72. The van der Waals surface area contributed by atoms with Crippen LogP contribution in [0.2, 0.25) is 0 Å². The first kappa shape index (κ1) is 17.2.